The lowest BCUT2D eigenvalue weighted by molar-refractivity contribution is -0.117. The predicted octanol–water partition coefficient (Wildman–Crippen LogP) is 1.52. The average molecular weight is 275 g/mol. The molecule has 1 atom stereocenters. The maximum Gasteiger partial charge on any atom is 0.251 e. The molecule has 1 heterocycles. The average Bonchev–Trinajstić information content (AvgIpc) is 2.92. The molecule has 108 valence electrons. The predicted molar refractivity (Wildman–Crippen MR) is 78.7 cm³/mol. The Morgan fingerprint density at radius 2 is 1.95 bits per heavy atom. The minimum absolute atomic E-state index is 0.0121. The molecule has 1 fully saturated rings. The van der Waals surface area contributed by atoms with E-state index in [1.807, 2.05) is 13.8 Å². The molecule has 20 heavy (non-hydrogen) atoms. The summed E-state index contributed by atoms with van der Waals surface area (Å²) in [6.45, 7) is 4.73. The number of rotatable bonds is 4. The first-order chi connectivity index (χ1) is 9.56. The smallest absolute Gasteiger partial charge is 0.251 e. The van der Waals surface area contributed by atoms with Gasteiger partial charge in [0, 0.05) is 17.3 Å². The minimum Gasteiger partial charge on any atom is -0.350 e. The van der Waals surface area contributed by atoms with Crippen LogP contribution in [-0.2, 0) is 4.79 Å². The van der Waals surface area contributed by atoms with Gasteiger partial charge < -0.3 is 16.0 Å². The van der Waals surface area contributed by atoms with Gasteiger partial charge in [0.25, 0.3) is 5.91 Å². The topological polar surface area (TPSA) is 70.2 Å². The van der Waals surface area contributed by atoms with Crippen molar-refractivity contribution in [1.29, 1.82) is 0 Å². The van der Waals surface area contributed by atoms with Crippen molar-refractivity contribution in [2.24, 2.45) is 0 Å². The highest BCUT2D eigenvalue weighted by Crippen LogP contribution is 2.12. The number of anilines is 1. The summed E-state index contributed by atoms with van der Waals surface area (Å²) in [6.07, 6.45) is 1.91. The zero-order valence-electron chi connectivity index (χ0n) is 11.9. The standard InChI is InChI=1S/C15H21N3O2/c1-10(2)17-14(19)11-5-7-12(8-6-11)18-15(20)13-4-3-9-16-13/h5-8,10,13,16H,3-4,9H2,1-2H3,(H,17,19)(H,18,20)/t13-/m0/s1. The Labute approximate surface area is 119 Å². The zero-order chi connectivity index (χ0) is 14.5. The molecule has 0 radical (unpaired) electrons. The van der Waals surface area contributed by atoms with Gasteiger partial charge in [-0.05, 0) is 57.5 Å². The van der Waals surface area contributed by atoms with Crippen molar-refractivity contribution >= 4 is 17.5 Å². The van der Waals surface area contributed by atoms with E-state index in [2.05, 4.69) is 16.0 Å². The maximum absolute atomic E-state index is 11.9. The van der Waals surface area contributed by atoms with Gasteiger partial charge in [-0.2, -0.15) is 0 Å². The molecule has 0 aromatic heterocycles. The lowest BCUT2D eigenvalue weighted by Crippen LogP contribution is -2.35. The Kier molecular flexibility index (Phi) is 4.74. The maximum atomic E-state index is 11.9. The second-order valence-corrected chi connectivity index (χ2v) is 5.34. The SMILES string of the molecule is CC(C)NC(=O)c1ccc(NC(=O)[C@@H]2CCCN2)cc1. The van der Waals surface area contributed by atoms with Crippen molar-refractivity contribution in [1.82, 2.24) is 10.6 Å². The van der Waals surface area contributed by atoms with Gasteiger partial charge in [0.05, 0.1) is 6.04 Å². The molecule has 1 aliphatic rings. The summed E-state index contributed by atoms with van der Waals surface area (Å²) < 4.78 is 0. The molecule has 1 saturated heterocycles. The monoisotopic (exact) mass is 275 g/mol. The molecule has 0 saturated carbocycles. The normalized spacial score (nSPS) is 18.1. The van der Waals surface area contributed by atoms with Crippen LogP contribution >= 0.6 is 0 Å². The van der Waals surface area contributed by atoms with Gasteiger partial charge in [0.2, 0.25) is 5.91 Å². The van der Waals surface area contributed by atoms with Gasteiger partial charge in [0.1, 0.15) is 0 Å². The molecular formula is C15H21N3O2. The first-order valence-electron chi connectivity index (χ1n) is 7.01. The van der Waals surface area contributed by atoms with Gasteiger partial charge in [-0.1, -0.05) is 0 Å². The minimum atomic E-state index is -0.102. The molecule has 0 unspecified atom stereocenters. The Hall–Kier alpha value is -1.88. The fraction of sp³-hybridized carbons (Fsp3) is 0.467. The Balaban J connectivity index is 1.94. The van der Waals surface area contributed by atoms with Crippen LogP contribution in [0.2, 0.25) is 0 Å². The second kappa shape index (κ2) is 6.52. The van der Waals surface area contributed by atoms with Crippen LogP contribution in [0.15, 0.2) is 24.3 Å². The first-order valence-corrected chi connectivity index (χ1v) is 7.01. The molecule has 2 amide bonds. The molecule has 0 aliphatic carbocycles. The van der Waals surface area contributed by atoms with E-state index < -0.39 is 0 Å². The van der Waals surface area contributed by atoms with E-state index in [1.165, 1.54) is 0 Å². The highest BCUT2D eigenvalue weighted by molar-refractivity contribution is 5.97. The fourth-order valence-electron chi connectivity index (χ4n) is 2.19. The summed E-state index contributed by atoms with van der Waals surface area (Å²) in [7, 11) is 0. The van der Waals surface area contributed by atoms with Crippen molar-refractivity contribution in [2.75, 3.05) is 11.9 Å². The highest BCUT2D eigenvalue weighted by Gasteiger charge is 2.21. The molecule has 2 rings (SSSR count). The van der Waals surface area contributed by atoms with E-state index in [0.717, 1.165) is 19.4 Å². The third kappa shape index (κ3) is 3.81. The molecule has 5 nitrogen and oxygen atoms in total. The summed E-state index contributed by atoms with van der Waals surface area (Å²) in [5.41, 5.74) is 1.31. The molecule has 1 aliphatic heterocycles. The molecule has 1 aromatic carbocycles. The van der Waals surface area contributed by atoms with Gasteiger partial charge in [-0.25, -0.2) is 0 Å². The fourth-order valence-corrected chi connectivity index (χ4v) is 2.19. The van der Waals surface area contributed by atoms with E-state index in [4.69, 9.17) is 0 Å². The number of carbonyl (C=O) groups excluding carboxylic acids is 2. The molecule has 0 spiro atoms. The number of hydrogen-bond acceptors (Lipinski definition) is 3. The summed E-state index contributed by atoms with van der Waals surface area (Å²) >= 11 is 0. The zero-order valence-corrected chi connectivity index (χ0v) is 11.9. The third-order valence-electron chi connectivity index (χ3n) is 3.21. The summed E-state index contributed by atoms with van der Waals surface area (Å²) in [5, 5.41) is 8.84. The van der Waals surface area contributed by atoms with Crippen LogP contribution in [-0.4, -0.2) is 30.4 Å². The van der Waals surface area contributed by atoms with Crippen molar-refractivity contribution in [3.63, 3.8) is 0 Å². The number of hydrogen-bond donors (Lipinski definition) is 3. The number of benzene rings is 1. The highest BCUT2D eigenvalue weighted by atomic mass is 16.2. The Bertz CT molecular complexity index is 476. The summed E-state index contributed by atoms with van der Waals surface area (Å²) in [6, 6.07) is 6.95. The molecular weight excluding hydrogens is 254 g/mol. The summed E-state index contributed by atoms with van der Waals surface area (Å²) in [4.78, 5) is 23.7. The molecule has 3 N–H and O–H groups in total. The quantitative estimate of drug-likeness (QED) is 0.780. The summed E-state index contributed by atoms with van der Waals surface area (Å²) in [5.74, 6) is -0.114. The van der Waals surface area contributed by atoms with E-state index in [9.17, 15) is 9.59 Å². The van der Waals surface area contributed by atoms with Gasteiger partial charge >= 0.3 is 0 Å². The van der Waals surface area contributed by atoms with Crippen LogP contribution in [0.25, 0.3) is 0 Å². The number of nitrogens with one attached hydrogen (secondary N) is 3. The Morgan fingerprint density at radius 3 is 2.50 bits per heavy atom. The van der Waals surface area contributed by atoms with Gasteiger partial charge in [0.15, 0.2) is 0 Å². The largest absolute Gasteiger partial charge is 0.350 e. The molecule has 1 aromatic rings. The van der Waals surface area contributed by atoms with Crippen LogP contribution in [0.3, 0.4) is 0 Å². The third-order valence-corrected chi connectivity index (χ3v) is 3.21. The first kappa shape index (κ1) is 14.5. The van der Waals surface area contributed by atoms with Gasteiger partial charge in [-0.3, -0.25) is 9.59 Å². The van der Waals surface area contributed by atoms with Crippen LogP contribution in [0.5, 0.6) is 0 Å². The van der Waals surface area contributed by atoms with Crippen molar-refractivity contribution in [3.8, 4) is 0 Å². The van der Waals surface area contributed by atoms with E-state index >= 15 is 0 Å². The van der Waals surface area contributed by atoms with E-state index in [1.54, 1.807) is 24.3 Å². The molecule has 0 bridgehead atoms. The van der Waals surface area contributed by atoms with Crippen LogP contribution in [0.4, 0.5) is 5.69 Å². The Morgan fingerprint density at radius 1 is 1.25 bits per heavy atom. The van der Waals surface area contributed by atoms with Crippen molar-refractivity contribution in [3.05, 3.63) is 29.8 Å². The van der Waals surface area contributed by atoms with Crippen LogP contribution < -0.4 is 16.0 Å². The van der Waals surface area contributed by atoms with Crippen LogP contribution in [0.1, 0.15) is 37.0 Å². The number of carbonyl (C=O) groups is 2. The van der Waals surface area contributed by atoms with Gasteiger partial charge in [-0.15, -0.1) is 0 Å². The van der Waals surface area contributed by atoms with Crippen LogP contribution in [0, 0.1) is 0 Å². The number of amides is 2. The molecule has 5 heteroatoms. The lowest BCUT2D eigenvalue weighted by atomic mass is 10.1. The van der Waals surface area contributed by atoms with Crippen molar-refractivity contribution in [2.45, 2.75) is 38.8 Å². The van der Waals surface area contributed by atoms with E-state index in [-0.39, 0.29) is 23.9 Å². The van der Waals surface area contributed by atoms with Crippen molar-refractivity contribution < 1.29 is 9.59 Å². The van der Waals surface area contributed by atoms with E-state index in [0.29, 0.717) is 11.3 Å². The second-order valence-electron chi connectivity index (χ2n) is 5.34. The lowest BCUT2D eigenvalue weighted by Gasteiger charge is -2.12.